The van der Waals surface area contributed by atoms with E-state index in [1.807, 2.05) is 84.9 Å². The molecule has 0 amide bonds. The zero-order valence-corrected chi connectivity index (χ0v) is 17.7. The van der Waals surface area contributed by atoms with Crippen LogP contribution in [-0.4, -0.2) is 20.4 Å². The van der Waals surface area contributed by atoms with Crippen LogP contribution < -0.4 is 11.2 Å². The average molecular weight is 435 g/mol. The minimum atomic E-state index is -0.641. The van der Waals surface area contributed by atoms with Crippen molar-refractivity contribution in [2.45, 2.75) is 13.0 Å². The van der Waals surface area contributed by atoms with Crippen LogP contribution in [0, 0.1) is 0 Å². The predicted octanol–water partition coefficient (Wildman–Crippen LogP) is 4.16. The molecule has 1 aromatic heterocycles. The smallest absolute Gasteiger partial charge is 0.331 e. The lowest BCUT2D eigenvalue weighted by molar-refractivity contribution is 0.399. The van der Waals surface area contributed by atoms with Crippen LogP contribution in [-0.2, 0) is 13.0 Å². The van der Waals surface area contributed by atoms with E-state index in [-0.39, 0.29) is 18.0 Å². The van der Waals surface area contributed by atoms with Gasteiger partial charge in [0.15, 0.2) is 0 Å². The Morgan fingerprint density at radius 3 is 2.30 bits per heavy atom. The summed E-state index contributed by atoms with van der Waals surface area (Å²) in [6.07, 6.45) is 2.15. The largest absolute Gasteiger partial charge is 0.494 e. The number of rotatable bonds is 5. The van der Waals surface area contributed by atoms with E-state index in [2.05, 4.69) is 4.98 Å². The lowest BCUT2D eigenvalue weighted by Crippen LogP contribution is -2.32. The molecular formula is C27H21N3O3. The normalized spacial score (nSPS) is 13.7. The number of allylic oxidation sites excluding steroid dienone is 1. The van der Waals surface area contributed by atoms with E-state index in [0.717, 1.165) is 22.4 Å². The van der Waals surface area contributed by atoms with Gasteiger partial charge in [0.25, 0.3) is 5.56 Å². The lowest BCUT2D eigenvalue weighted by atomic mass is 9.96. The number of hydrogen-bond donors (Lipinski definition) is 2. The van der Waals surface area contributed by atoms with Crippen molar-refractivity contribution in [3.05, 3.63) is 128 Å². The zero-order chi connectivity index (χ0) is 22.8. The number of nitrogens with zero attached hydrogens (tertiary/aromatic N) is 2. The number of aromatic hydroxyl groups is 1. The molecule has 1 aliphatic heterocycles. The van der Waals surface area contributed by atoms with Gasteiger partial charge in [-0.2, -0.15) is 0 Å². The van der Waals surface area contributed by atoms with Gasteiger partial charge in [-0.05, 0) is 24.1 Å². The van der Waals surface area contributed by atoms with Crippen LogP contribution >= 0.6 is 0 Å². The topological polar surface area (TPSA) is 87.5 Å². The number of aromatic amines is 1. The molecule has 6 heteroatoms. The molecule has 1 aliphatic rings. The zero-order valence-electron chi connectivity index (χ0n) is 17.7. The Balaban J connectivity index is 1.61. The molecular weight excluding hydrogens is 414 g/mol. The van der Waals surface area contributed by atoms with Gasteiger partial charge in [0.05, 0.1) is 11.4 Å². The van der Waals surface area contributed by atoms with Gasteiger partial charge in [-0.25, -0.2) is 9.79 Å². The summed E-state index contributed by atoms with van der Waals surface area (Å²) < 4.78 is 1.20. The van der Waals surface area contributed by atoms with E-state index in [1.165, 1.54) is 4.57 Å². The van der Waals surface area contributed by atoms with Gasteiger partial charge in [-0.15, -0.1) is 0 Å². The number of aliphatic imine (C=N–C) groups is 1. The summed E-state index contributed by atoms with van der Waals surface area (Å²) in [7, 11) is 0. The monoisotopic (exact) mass is 435 g/mol. The highest BCUT2D eigenvalue weighted by Crippen LogP contribution is 2.38. The van der Waals surface area contributed by atoms with Crippen molar-refractivity contribution in [1.29, 1.82) is 0 Å². The van der Waals surface area contributed by atoms with Gasteiger partial charge in [0.1, 0.15) is 5.56 Å². The minimum Gasteiger partial charge on any atom is -0.494 e. The molecule has 0 spiro atoms. The van der Waals surface area contributed by atoms with Crippen LogP contribution in [0.25, 0.3) is 11.6 Å². The molecule has 0 aliphatic carbocycles. The quantitative estimate of drug-likeness (QED) is 0.493. The van der Waals surface area contributed by atoms with Crippen LogP contribution in [0.15, 0.2) is 99.5 Å². The van der Waals surface area contributed by atoms with Gasteiger partial charge >= 0.3 is 5.69 Å². The van der Waals surface area contributed by atoms with Crippen molar-refractivity contribution in [3.63, 3.8) is 0 Å². The maximum atomic E-state index is 12.7. The van der Waals surface area contributed by atoms with Crippen molar-refractivity contribution in [1.82, 2.24) is 9.55 Å². The Bertz CT molecular complexity index is 1500. The average Bonchev–Trinajstić information content (AvgIpc) is 3.21. The molecule has 4 aromatic rings. The number of aryl methyl sites for hydroxylation is 1. The maximum Gasteiger partial charge on any atom is 0.331 e. The molecule has 6 nitrogen and oxygen atoms in total. The second-order valence-corrected chi connectivity index (χ2v) is 7.79. The number of benzene rings is 3. The summed E-state index contributed by atoms with van der Waals surface area (Å²) in [4.78, 5) is 32.3. The highest BCUT2D eigenvalue weighted by Gasteiger charge is 2.23. The molecule has 0 bridgehead atoms. The second-order valence-electron chi connectivity index (χ2n) is 7.79. The van der Waals surface area contributed by atoms with Gasteiger partial charge in [-0.3, -0.25) is 14.3 Å². The molecule has 5 rings (SSSR count). The standard InChI is InChI=1S/C27H21N3O3/c31-25-22(26(32)30(27(33)29-25)16-15-18-9-3-1-4-10-18)17-21-20-13-7-8-14-23(20)28-24(21)19-11-5-2-6-12-19/h1-14,17,32H,15-16H2,(H,29,31,33)/b21-17-. The maximum absolute atomic E-state index is 12.7. The third-order valence-electron chi connectivity index (χ3n) is 5.69. The Morgan fingerprint density at radius 2 is 1.55 bits per heavy atom. The van der Waals surface area contributed by atoms with Crippen molar-refractivity contribution in [2.75, 3.05) is 0 Å². The van der Waals surface area contributed by atoms with Crippen molar-refractivity contribution < 1.29 is 5.11 Å². The first kappa shape index (κ1) is 20.5. The summed E-state index contributed by atoms with van der Waals surface area (Å²) >= 11 is 0. The van der Waals surface area contributed by atoms with E-state index in [9.17, 15) is 14.7 Å². The van der Waals surface area contributed by atoms with E-state index in [4.69, 9.17) is 4.99 Å². The van der Waals surface area contributed by atoms with E-state index < -0.39 is 11.2 Å². The molecule has 0 saturated carbocycles. The fourth-order valence-corrected chi connectivity index (χ4v) is 4.01. The summed E-state index contributed by atoms with van der Waals surface area (Å²) in [6, 6.07) is 27.0. The van der Waals surface area contributed by atoms with Gasteiger partial charge in [-0.1, -0.05) is 78.9 Å². The van der Waals surface area contributed by atoms with Crippen LogP contribution in [0.3, 0.4) is 0 Å². The highest BCUT2D eigenvalue weighted by atomic mass is 16.3. The third kappa shape index (κ3) is 3.94. The van der Waals surface area contributed by atoms with Gasteiger partial charge in [0, 0.05) is 23.2 Å². The molecule has 0 atom stereocenters. The molecule has 2 heterocycles. The van der Waals surface area contributed by atoms with Crippen LogP contribution in [0.4, 0.5) is 5.69 Å². The fraction of sp³-hybridized carbons (Fsp3) is 0.0741. The van der Waals surface area contributed by atoms with E-state index in [0.29, 0.717) is 17.7 Å². The van der Waals surface area contributed by atoms with Gasteiger partial charge in [0.2, 0.25) is 5.88 Å². The van der Waals surface area contributed by atoms with E-state index >= 15 is 0 Å². The summed E-state index contributed by atoms with van der Waals surface area (Å²) in [6.45, 7) is 0.234. The van der Waals surface area contributed by atoms with Crippen molar-refractivity contribution >= 4 is 23.0 Å². The fourth-order valence-electron chi connectivity index (χ4n) is 4.01. The lowest BCUT2D eigenvalue weighted by Gasteiger charge is -2.11. The third-order valence-corrected chi connectivity index (χ3v) is 5.69. The SMILES string of the molecule is O=c1[nH]c(=O)n(CCc2ccccc2)c(O)c1/C=C1\C(c2ccccc2)=Nc2ccccc21. The first-order chi connectivity index (χ1) is 16.1. The van der Waals surface area contributed by atoms with Gasteiger partial charge < -0.3 is 5.11 Å². The molecule has 0 saturated heterocycles. The molecule has 2 N–H and O–H groups in total. The number of nitrogens with one attached hydrogen (secondary N) is 1. The Morgan fingerprint density at radius 1 is 0.879 bits per heavy atom. The predicted molar refractivity (Wildman–Crippen MR) is 130 cm³/mol. The molecule has 0 fully saturated rings. The molecule has 0 radical (unpaired) electrons. The van der Waals surface area contributed by atoms with E-state index in [1.54, 1.807) is 6.08 Å². The number of aromatic nitrogens is 2. The van der Waals surface area contributed by atoms with Crippen LogP contribution in [0.2, 0.25) is 0 Å². The Labute approximate surface area is 189 Å². The summed E-state index contributed by atoms with van der Waals surface area (Å²) in [5.41, 5.74) is 3.73. The first-order valence-corrected chi connectivity index (χ1v) is 10.7. The minimum absolute atomic E-state index is 0.0259. The van der Waals surface area contributed by atoms with Crippen LogP contribution in [0.5, 0.6) is 5.88 Å². The Kier molecular flexibility index (Phi) is 5.32. The van der Waals surface area contributed by atoms with Crippen molar-refractivity contribution in [2.24, 2.45) is 4.99 Å². The highest BCUT2D eigenvalue weighted by molar-refractivity contribution is 6.39. The van der Waals surface area contributed by atoms with Crippen molar-refractivity contribution in [3.8, 4) is 5.88 Å². The molecule has 33 heavy (non-hydrogen) atoms. The molecule has 0 unspecified atom stereocenters. The second kappa shape index (κ2) is 8.59. The summed E-state index contributed by atoms with van der Waals surface area (Å²) in [5.74, 6) is -0.357. The number of fused-ring (bicyclic) bond motifs is 1. The number of hydrogen-bond acceptors (Lipinski definition) is 4. The number of para-hydroxylation sites is 1. The number of H-pyrrole nitrogens is 1. The molecule has 162 valence electrons. The first-order valence-electron chi connectivity index (χ1n) is 10.7. The van der Waals surface area contributed by atoms with Crippen LogP contribution in [0.1, 0.15) is 22.3 Å². The summed E-state index contributed by atoms with van der Waals surface area (Å²) in [5, 5.41) is 11.0. The Hall–Kier alpha value is -4.45. The molecule has 3 aromatic carbocycles.